The molecule has 2 aromatic rings. The number of guanidine groups is 1. The van der Waals surface area contributed by atoms with Crippen molar-refractivity contribution in [2.45, 2.75) is 19.9 Å². The van der Waals surface area contributed by atoms with Crippen LogP contribution in [0.2, 0.25) is 0 Å². The number of anilines is 1. The van der Waals surface area contributed by atoms with E-state index in [0.717, 1.165) is 17.2 Å². The lowest BCUT2D eigenvalue weighted by atomic mass is 10.3. The van der Waals surface area contributed by atoms with E-state index in [1.165, 1.54) is 0 Å². The second-order valence-electron chi connectivity index (χ2n) is 4.78. The van der Waals surface area contributed by atoms with Crippen LogP contribution in [0.15, 0.2) is 59.6 Å². The first kappa shape index (κ1) is 14.9. The summed E-state index contributed by atoms with van der Waals surface area (Å²) in [7, 11) is 0. The van der Waals surface area contributed by atoms with E-state index < -0.39 is 0 Å². The number of para-hydroxylation sites is 1. The van der Waals surface area contributed by atoms with Crippen LogP contribution in [0.1, 0.15) is 13.8 Å². The maximum Gasteiger partial charge on any atom is 0.210 e. The van der Waals surface area contributed by atoms with Crippen molar-refractivity contribution in [3.8, 4) is 11.5 Å². The molecule has 2 aromatic carbocycles. The van der Waals surface area contributed by atoms with Crippen LogP contribution in [-0.2, 0) is 0 Å². The van der Waals surface area contributed by atoms with Crippen LogP contribution in [0.4, 0.5) is 5.69 Å². The molecule has 0 spiro atoms. The summed E-state index contributed by atoms with van der Waals surface area (Å²) in [5, 5.41) is 3.11. The van der Waals surface area contributed by atoms with E-state index in [-0.39, 0.29) is 6.04 Å². The molecule has 110 valence electrons. The van der Waals surface area contributed by atoms with Gasteiger partial charge in [0, 0.05) is 11.7 Å². The van der Waals surface area contributed by atoms with E-state index in [1.54, 1.807) is 0 Å². The van der Waals surface area contributed by atoms with Crippen molar-refractivity contribution >= 4 is 11.6 Å². The summed E-state index contributed by atoms with van der Waals surface area (Å²) in [6.07, 6.45) is 0. The molecule has 0 amide bonds. The number of nitrogens with one attached hydrogen (secondary N) is 2. The predicted octanol–water partition coefficient (Wildman–Crippen LogP) is 3.12. The van der Waals surface area contributed by atoms with Gasteiger partial charge >= 0.3 is 0 Å². The molecule has 0 saturated carbocycles. The van der Waals surface area contributed by atoms with Gasteiger partial charge in [0.25, 0.3) is 0 Å². The van der Waals surface area contributed by atoms with Crippen molar-refractivity contribution in [2.75, 3.05) is 5.32 Å². The molecule has 0 unspecified atom stereocenters. The van der Waals surface area contributed by atoms with Crippen LogP contribution in [-0.4, -0.2) is 12.0 Å². The summed E-state index contributed by atoms with van der Waals surface area (Å²) < 4.78 is 5.73. The summed E-state index contributed by atoms with van der Waals surface area (Å²) in [5.41, 5.74) is 3.43. The number of nitrogens with zero attached hydrogens (tertiary/aromatic N) is 1. The minimum absolute atomic E-state index is 0.157. The van der Waals surface area contributed by atoms with Crippen molar-refractivity contribution in [1.29, 1.82) is 0 Å². The first-order valence-electron chi connectivity index (χ1n) is 6.82. The van der Waals surface area contributed by atoms with Gasteiger partial charge in [0.05, 0.1) is 0 Å². The normalized spacial score (nSPS) is 11.3. The molecule has 0 atom stereocenters. The Morgan fingerprint density at radius 3 is 2.19 bits per heavy atom. The van der Waals surface area contributed by atoms with Gasteiger partial charge in [0.15, 0.2) is 0 Å². The zero-order valence-corrected chi connectivity index (χ0v) is 12.2. The van der Waals surface area contributed by atoms with Crippen LogP contribution >= 0.6 is 0 Å². The first-order chi connectivity index (χ1) is 10.2. The first-order valence-corrected chi connectivity index (χ1v) is 6.82. The summed E-state index contributed by atoms with van der Waals surface area (Å²) in [5.74, 6) is 7.54. The fourth-order valence-corrected chi connectivity index (χ4v) is 1.73. The smallest absolute Gasteiger partial charge is 0.210 e. The molecule has 0 radical (unpaired) electrons. The molecule has 0 aromatic heterocycles. The summed E-state index contributed by atoms with van der Waals surface area (Å²) in [4.78, 5) is 4.32. The number of rotatable bonds is 4. The average molecular weight is 284 g/mol. The van der Waals surface area contributed by atoms with Crippen molar-refractivity contribution in [3.05, 3.63) is 54.6 Å². The third-order valence-corrected chi connectivity index (χ3v) is 2.62. The maximum absolute atomic E-state index is 5.73. The van der Waals surface area contributed by atoms with Gasteiger partial charge in [-0.05, 0) is 50.2 Å². The van der Waals surface area contributed by atoms with Crippen molar-refractivity contribution in [3.63, 3.8) is 0 Å². The molecule has 2 rings (SSSR count). The fourth-order valence-electron chi connectivity index (χ4n) is 1.73. The second kappa shape index (κ2) is 7.31. The Hall–Kier alpha value is -2.53. The molecule has 0 fully saturated rings. The number of hydrazine groups is 1. The zero-order chi connectivity index (χ0) is 15.1. The van der Waals surface area contributed by atoms with E-state index in [1.807, 2.05) is 68.4 Å². The lowest BCUT2D eigenvalue weighted by Crippen LogP contribution is -2.36. The summed E-state index contributed by atoms with van der Waals surface area (Å²) in [6, 6.07) is 17.4. The molecule has 0 saturated heterocycles. The quantitative estimate of drug-likeness (QED) is 0.349. The van der Waals surface area contributed by atoms with E-state index >= 15 is 0 Å². The predicted molar refractivity (Wildman–Crippen MR) is 86.5 cm³/mol. The lowest BCUT2D eigenvalue weighted by Gasteiger charge is -2.11. The Morgan fingerprint density at radius 1 is 1.00 bits per heavy atom. The third kappa shape index (κ3) is 4.81. The molecule has 21 heavy (non-hydrogen) atoms. The van der Waals surface area contributed by atoms with Gasteiger partial charge in [-0.3, -0.25) is 5.43 Å². The van der Waals surface area contributed by atoms with E-state index in [2.05, 4.69) is 15.7 Å². The van der Waals surface area contributed by atoms with Crippen molar-refractivity contribution < 1.29 is 4.74 Å². The minimum atomic E-state index is 0.157. The van der Waals surface area contributed by atoms with Gasteiger partial charge in [-0.25, -0.2) is 10.8 Å². The van der Waals surface area contributed by atoms with E-state index in [9.17, 15) is 0 Å². The highest BCUT2D eigenvalue weighted by atomic mass is 16.5. The lowest BCUT2D eigenvalue weighted by molar-refractivity contribution is 0.483. The SMILES string of the molecule is CC(C)N=C(NN)Nc1ccc(Oc2ccccc2)cc1. The van der Waals surface area contributed by atoms with E-state index in [0.29, 0.717) is 5.96 Å². The third-order valence-electron chi connectivity index (χ3n) is 2.62. The Labute approximate surface area is 124 Å². The van der Waals surface area contributed by atoms with Crippen molar-refractivity contribution in [1.82, 2.24) is 5.43 Å². The minimum Gasteiger partial charge on any atom is -0.457 e. The number of hydrogen-bond acceptors (Lipinski definition) is 3. The molecule has 5 nitrogen and oxygen atoms in total. The molecule has 0 aliphatic rings. The number of hydrogen-bond donors (Lipinski definition) is 3. The highest BCUT2D eigenvalue weighted by molar-refractivity contribution is 5.93. The Bertz CT molecular complexity index is 579. The van der Waals surface area contributed by atoms with Crippen LogP contribution < -0.4 is 21.3 Å². The van der Waals surface area contributed by atoms with Crippen LogP contribution in [0.5, 0.6) is 11.5 Å². The van der Waals surface area contributed by atoms with Gasteiger partial charge in [-0.1, -0.05) is 18.2 Å². The molecule has 0 aliphatic carbocycles. The zero-order valence-electron chi connectivity index (χ0n) is 12.2. The summed E-state index contributed by atoms with van der Waals surface area (Å²) in [6.45, 7) is 3.96. The topological polar surface area (TPSA) is 71.7 Å². The van der Waals surface area contributed by atoms with Crippen LogP contribution in [0, 0.1) is 0 Å². The highest BCUT2D eigenvalue weighted by Crippen LogP contribution is 2.22. The second-order valence-corrected chi connectivity index (χ2v) is 4.78. The van der Waals surface area contributed by atoms with Crippen LogP contribution in [0.25, 0.3) is 0 Å². The molecular weight excluding hydrogens is 264 g/mol. The van der Waals surface area contributed by atoms with Gasteiger partial charge in [0.1, 0.15) is 11.5 Å². The van der Waals surface area contributed by atoms with Gasteiger partial charge in [-0.15, -0.1) is 0 Å². The molecule has 4 N–H and O–H groups in total. The van der Waals surface area contributed by atoms with Crippen LogP contribution in [0.3, 0.4) is 0 Å². The molecule has 0 heterocycles. The maximum atomic E-state index is 5.73. The standard InChI is InChI=1S/C16H20N4O/c1-12(2)18-16(20-17)19-13-8-10-15(11-9-13)21-14-6-4-3-5-7-14/h3-12H,17H2,1-2H3,(H2,18,19,20). The van der Waals surface area contributed by atoms with Crippen molar-refractivity contribution in [2.24, 2.45) is 10.8 Å². The molecule has 0 bridgehead atoms. The largest absolute Gasteiger partial charge is 0.457 e. The average Bonchev–Trinajstić information content (AvgIpc) is 2.49. The Balaban J connectivity index is 2.02. The highest BCUT2D eigenvalue weighted by Gasteiger charge is 2.01. The number of aliphatic imine (C=N–C) groups is 1. The van der Waals surface area contributed by atoms with E-state index in [4.69, 9.17) is 10.6 Å². The Kier molecular flexibility index (Phi) is 5.17. The number of nitrogens with two attached hydrogens (primary N) is 1. The number of ether oxygens (including phenoxy) is 1. The van der Waals surface area contributed by atoms with Gasteiger partial charge < -0.3 is 10.1 Å². The Morgan fingerprint density at radius 2 is 1.62 bits per heavy atom. The number of benzene rings is 2. The van der Waals surface area contributed by atoms with Gasteiger partial charge in [-0.2, -0.15) is 0 Å². The summed E-state index contributed by atoms with van der Waals surface area (Å²) >= 11 is 0. The molecular formula is C16H20N4O. The molecule has 5 heteroatoms. The van der Waals surface area contributed by atoms with Gasteiger partial charge in [0.2, 0.25) is 5.96 Å². The fraction of sp³-hybridized carbons (Fsp3) is 0.188. The molecule has 0 aliphatic heterocycles. The monoisotopic (exact) mass is 284 g/mol.